The van der Waals surface area contributed by atoms with E-state index in [0.717, 1.165) is 30.6 Å². The number of rotatable bonds is 4. The van der Waals surface area contributed by atoms with Gasteiger partial charge in [-0.1, -0.05) is 12.1 Å². The number of carboxylic acid groups (broad SMARTS) is 1. The van der Waals surface area contributed by atoms with E-state index in [1.807, 2.05) is 0 Å². The third-order valence-corrected chi connectivity index (χ3v) is 4.19. The molecule has 0 saturated carbocycles. The van der Waals surface area contributed by atoms with E-state index in [1.165, 1.54) is 4.90 Å². The molecule has 2 amide bonds. The molecule has 6 heteroatoms. The van der Waals surface area contributed by atoms with Crippen molar-refractivity contribution in [2.45, 2.75) is 19.3 Å². The highest BCUT2D eigenvalue weighted by molar-refractivity contribution is 5.75. The molecule has 2 rings (SSSR count). The normalized spacial score (nSPS) is 15.2. The molecule has 0 unspecified atom stereocenters. The second-order valence-electron chi connectivity index (χ2n) is 6.06. The predicted octanol–water partition coefficient (Wildman–Crippen LogP) is 1.90. The summed E-state index contributed by atoms with van der Waals surface area (Å²) >= 11 is 0. The van der Waals surface area contributed by atoms with Gasteiger partial charge in [0.2, 0.25) is 5.91 Å². The lowest BCUT2D eigenvalue weighted by Crippen LogP contribution is -2.34. The van der Waals surface area contributed by atoms with Crippen LogP contribution in [0.15, 0.2) is 24.3 Å². The van der Waals surface area contributed by atoms with Crippen molar-refractivity contribution >= 4 is 17.7 Å². The summed E-state index contributed by atoms with van der Waals surface area (Å²) in [5.74, 6) is 0.135. The van der Waals surface area contributed by atoms with Gasteiger partial charge in [0.15, 0.2) is 0 Å². The Balaban J connectivity index is 1.91. The summed E-state index contributed by atoms with van der Waals surface area (Å²) in [7, 11) is 3.54. The Hall–Kier alpha value is -2.24. The van der Waals surface area contributed by atoms with Gasteiger partial charge in [0.1, 0.15) is 0 Å². The van der Waals surface area contributed by atoms with E-state index in [9.17, 15) is 9.59 Å². The van der Waals surface area contributed by atoms with Gasteiger partial charge in [-0.15, -0.1) is 0 Å². The molecule has 126 valence electrons. The molecule has 23 heavy (non-hydrogen) atoms. The van der Waals surface area contributed by atoms with Gasteiger partial charge in [-0.25, -0.2) is 4.79 Å². The number of carbonyl (C=O) groups excluding carboxylic acids is 1. The van der Waals surface area contributed by atoms with Gasteiger partial charge in [0, 0.05) is 52.4 Å². The minimum atomic E-state index is -0.840. The molecular weight excluding hydrogens is 294 g/mol. The van der Waals surface area contributed by atoms with Crippen molar-refractivity contribution in [2.75, 3.05) is 45.2 Å². The number of anilines is 1. The Kier molecular flexibility index (Phi) is 5.84. The quantitative estimate of drug-likeness (QED) is 0.920. The molecule has 0 bridgehead atoms. The van der Waals surface area contributed by atoms with Crippen LogP contribution < -0.4 is 4.90 Å². The SMILES string of the molecule is CN(C)C(=O)CCc1ccc(N2CCCN(C(=O)O)CC2)cc1. The first-order chi connectivity index (χ1) is 11.0. The largest absolute Gasteiger partial charge is 0.465 e. The van der Waals surface area contributed by atoms with Gasteiger partial charge in [-0.05, 0) is 30.5 Å². The maximum absolute atomic E-state index is 11.6. The maximum Gasteiger partial charge on any atom is 0.407 e. The average Bonchev–Trinajstić information content (AvgIpc) is 2.79. The monoisotopic (exact) mass is 319 g/mol. The van der Waals surface area contributed by atoms with Crippen molar-refractivity contribution in [3.05, 3.63) is 29.8 Å². The van der Waals surface area contributed by atoms with Crippen LogP contribution in [0, 0.1) is 0 Å². The molecule has 0 aliphatic carbocycles. The fourth-order valence-electron chi connectivity index (χ4n) is 2.72. The second-order valence-corrected chi connectivity index (χ2v) is 6.06. The topological polar surface area (TPSA) is 64.1 Å². The third kappa shape index (κ3) is 4.87. The summed E-state index contributed by atoms with van der Waals surface area (Å²) in [6.07, 6.45) is 1.26. The van der Waals surface area contributed by atoms with Crippen molar-refractivity contribution in [1.82, 2.24) is 9.80 Å². The van der Waals surface area contributed by atoms with Crippen LogP contribution in [-0.2, 0) is 11.2 Å². The zero-order valence-electron chi connectivity index (χ0n) is 13.9. The fourth-order valence-corrected chi connectivity index (χ4v) is 2.72. The Morgan fingerprint density at radius 3 is 2.39 bits per heavy atom. The Bertz CT molecular complexity index is 543. The van der Waals surface area contributed by atoms with Crippen LogP contribution in [0.5, 0.6) is 0 Å². The van der Waals surface area contributed by atoms with Gasteiger partial charge in [-0.2, -0.15) is 0 Å². The summed E-state index contributed by atoms with van der Waals surface area (Å²) in [5.41, 5.74) is 2.26. The maximum atomic E-state index is 11.6. The summed E-state index contributed by atoms with van der Waals surface area (Å²) in [6.45, 7) is 2.71. The number of hydrogen-bond acceptors (Lipinski definition) is 3. The Labute approximate surface area is 137 Å². The van der Waals surface area contributed by atoms with Crippen molar-refractivity contribution in [2.24, 2.45) is 0 Å². The third-order valence-electron chi connectivity index (χ3n) is 4.19. The summed E-state index contributed by atoms with van der Waals surface area (Å²) in [6, 6.07) is 8.23. The van der Waals surface area contributed by atoms with Gasteiger partial charge in [0.25, 0.3) is 0 Å². The number of amides is 2. The highest BCUT2D eigenvalue weighted by atomic mass is 16.4. The lowest BCUT2D eigenvalue weighted by atomic mass is 10.1. The van der Waals surface area contributed by atoms with Gasteiger partial charge < -0.3 is 19.8 Å². The summed E-state index contributed by atoms with van der Waals surface area (Å²) < 4.78 is 0. The molecule has 0 spiro atoms. The van der Waals surface area contributed by atoms with Gasteiger partial charge in [-0.3, -0.25) is 4.79 Å². The first-order valence-electron chi connectivity index (χ1n) is 7.99. The van der Waals surface area contributed by atoms with E-state index in [0.29, 0.717) is 26.1 Å². The van der Waals surface area contributed by atoms with Crippen LogP contribution in [0.25, 0.3) is 0 Å². The zero-order valence-corrected chi connectivity index (χ0v) is 13.9. The number of hydrogen-bond donors (Lipinski definition) is 1. The fraction of sp³-hybridized carbons (Fsp3) is 0.529. The summed E-state index contributed by atoms with van der Waals surface area (Å²) in [4.78, 5) is 28.0. The lowest BCUT2D eigenvalue weighted by molar-refractivity contribution is -0.128. The van der Waals surface area contributed by atoms with Crippen LogP contribution >= 0.6 is 0 Å². The Morgan fingerprint density at radius 2 is 1.78 bits per heavy atom. The van der Waals surface area contributed by atoms with Crippen LogP contribution in [-0.4, -0.2) is 67.2 Å². The molecule has 1 saturated heterocycles. The van der Waals surface area contributed by atoms with E-state index in [-0.39, 0.29) is 5.91 Å². The van der Waals surface area contributed by atoms with Crippen molar-refractivity contribution < 1.29 is 14.7 Å². The number of benzene rings is 1. The first kappa shape index (κ1) is 17.1. The molecule has 1 aromatic rings. The summed E-state index contributed by atoms with van der Waals surface area (Å²) in [5, 5.41) is 9.08. The highest BCUT2D eigenvalue weighted by Crippen LogP contribution is 2.18. The average molecular weight is 319 g/mol. The molecule has 1 fully saturated rings. The minimum Gasteiger partial charge on any atom is -0.465 e. The zero-order chi connectivity index (χ0) is 16.8. The van der Waals surface area contributed by atoms with Gasteiger partial charge in [0.05, 0.1) is 0 Å². The van der Waals surface area contributed by atoms with E-state index in [4.69, 9.17) is 5.11 Å². The molecule has 0 aromatic heterocycles. The van der Waals surface area contributed by atoms with E-state index in [1.54, 1.807) is 19.0 Å². The second kappa shape index (κ2) is 7.85. The van der Waals surface area contributed by atoms with Crippen LogP contribution in [0.4, 0.5) is 10.5 Å². The van der Waals surface area contributed by atoms with Crippen molar-refractivity contribution in [1.29, 1.82) is 0 Å². The standard InChI is InChI=1S/C17H25N3O3/c1-18(2)16(21)9-6-14-4-7-15(8-5-14)19-10-3-11-20(13-12-19)17(22)23/h4-5,7-8H,3,6,9-13H2,1-2H3,(H,22,23). The van der Waals surface area contributed by atoms with Crippen LogP contribution in [0.1, 0.15) is 18.4 Å². The molecule has 0 radical (unpaired) electrons. The van der Waals surface area contributed by atoms with Crippen LogP contribution in [0.2, 0.25) is 0 Å². The molecule has 1 aliphatic rings. The highest BCUT2D eigenvalue weighted by Gasteiger charge is 2.18. The molecule has 0 atom stereocenters. The molecule has 1 N–H and O–H groups in total. The molecular formula is C17H25N3O3. The van der Waals surface area contributed by atoms with E-state index >= 15 is 0 Å². The van der Waals surface area contributed by atoms with Gasteiger partial charge >= 0.3 is 6.09 Å². The number of nitrogens with zero attached hydrogens (tertiary/aromatic N) is 3. The molecule has 6 nitrogen and oxygen atoms in total. The van der Waals surface area contributed by atoms with E-state index < -0.39 is 6.09 Å². The molecule has 1 aliphatic heterocycles. The van der Waals surface area contributed by atoms with Crippen LogP contribution in [0.3, 0.4) is 0 Å². The molecule has 1 aromatic carbocycles. The number of aryl methyl sites for hydroxylation is 1. The Morgan fingerprint density at radius 1 is 1.09 bits per heavy atom. The first-order valence-corrected chi connectivity index (χ1v) is 7.99. The lowest BCUT2D eigenvalue weighted by Gasteiger charge is -2.23. The number of carbonyl (C=O) groups is 2. The van der Waals surface area contributed by atoms with Crippen molar-refractivity contribution in [3.8, 4) is 0 Å². The van der Waals surface area contributed by atoms with Crippen molar-refractivity contribution in [3.63, 3.8) is 0 Å². The smallest absolute Gasteiger partial charge is 0.407 e. The van der Waals surface area contributed by atoms with E-state index in [2.05, 4.69) is 29.2 Å². The molecule has 1 heterocycles. The predicted molar refractivity (Wildman–Crippen MR) is 89.9 cm³/mol. The minimum absolute atomic E-state index is 0.135.